The van der Waals surface area contributed by atoms with Crippen LogP contribution in [0, 0.1) is 0 Å². The molecule has 1 N–H and O–H groups in total. The SMILES string of the molecule is COC(C)c1c(C=O)nnn1CCCCO. The highest BCUT2D eigenvalue weighted by atomic mass is 16.5. The normalized spacial score (nSPS) is 12.7. The number of aromatic nitrogens is 3. The monoisotopic (exact) mass is 227 g/mol. The van der Waals surface area contributed by atoms with Gasteiger partial charge in [0.2, 0.25) is 0 Å². The molecule has 0 aromatic carbocycles. The molecule has 1 atom stereocenters. The number of carbonyl (C=O) groups excluding carboxylic acids is 1. The van der Waals surface area contributed by atoms with Crippen LogP contribution in [-0.2, 0) is 11.3 Å². The van der Waals surface area contributed by atoms with Crippen LogP contribution in [0.25, 0.3) is 0 Å². The summed E-state index contributed by atoms with van der Waals surface area (Å²) in [5.74, 6) is 0. The Labute approximate surface area is 94.2 Å². The fourth-order valence-corrected chi connectivity index (χ4v) is 1.49. The zero-order valence-corrected chi connectivity index (χ0v) is 9.59. The second-order valence-electron chi connectivity index (χ2n) is 3.51. The number of rotatable bonds is 7. The van der Waals surface area contributed by atoms with Gasteiger partial charge in [0.25, 0.3) is 0 Å². The van der Waals surface area contributed by atoms with Crippen molar-refractivity contribution in [3.05, 3.63) is 11.4 Å². The van der Waals surface area contributed by atoms with Crippen molar-refractivity contribution in [2.45, 2.75) is 32.4 Å². The molecule has 6 nitrogen and oxygen atoms in total. The lowest BCUT2D eigenvalue weighted by molar-refractivity contribution is 0.104. The first kappa shape index (κ1) is 12.8. The van der Waals surface area contributed by atoms with Crippen molar-refractivity contribution in [2.75, 3.05) is 13.7 Å². The number of aliphatic hydroxyl groups excluding tert-OH is 1. The number of carbonyl (C=O) groups is 1. The van der Waals surface area contributed by atoms with Gasteiger partial charge >= 0.3 is 0 Å². The molecule has 1 rings (SSSR count). The summed E-state index contributed by atoms with van der Waals surface area (Å²) in [7, 11) is 1.57. The first-order valence-electron chi connectivity index (χ1n) is 5.26. The van der Waals surface area contributed by atoms with Gasteiger partial charge in [0, 0.05) is 20.3 Å². The fourth-order valence-electron chi connectivity index (χ4n) is 1.49. The van der Waals surface area contributed by atoms with E-state index in [9.17, 15) is 4.79 Å². The average molecular weight is 227 g/mol. The molecule has 1 heterocycles. The van der Waals surface area contributed by atoms with E-state index in [-0.39, 0.29) is 12.7 Å². The predicted molar refractivity (Wildman–Crippen MR) is 57.2 cm³/mol. The third kappa shape index (κ3) is 2.86. The number of hydrogen-bond acceptors (Lipinski definition) is 5. The Morgan fingerprint density at radius 2 is 2.31 bits per heavy atom. The van der Waals surface area contributed by atoms with E-state index in [0.29, 0.717) is 30.6 Å². The van der Waals surface area contributed by atoms with E-state index in [0.717, 1.165) is 6.42 Å². The smallest absolute Gasteiger partial charge is 0.172 e. The highest BCUT2D eigenvalue weighted by Crippen LogP contribution is 2.17. The highest BCUT2D eigenvalue weighted by molar-refractivity contribution is 5.73. The molecule has 0 aliphatic rings. The lowest BCUT2D eigenvalue weighted by Crippen LogP contribution is -2.11. The molecule has 0 saturated heterocycles. The van der Waals surface area contributed by atoms with Crippen molar-refractivity contribution in [3.63, 3.8) is 0 Å². The second kappa shape index (κ2) is 6.34. The van der Waals surface area contributed by atoms with Crippen molar-refractivity contribution in [2.24, 2.45) is 0 Å². The van der Waals surface area contributed by atoms with E-state index in [4.69, 9.17) is 9.84 Å². The summed E-state index contributed by atoms with van der Waals surface area (Å²) in [6.07, 6.45) is 1.96. The molecule has 0 radical (unpaired) electrons. The minimum atomic E-state index is -0.218. The largest absolute Gasteiger partial charge is 0.396 e. The molecular formula is C10H17N3O3. The Bertz CT molecular complexity index is 338. The Morgan fingerprint density at radius 3 is 2.88 bits per heavy atom. The molecule has 0 aliphatic heterocycles. The lowest BCUT2D eigenvalue weighted by Gasteiger charge is -2.11. The van der Waals surface area contributed by atoms with Gasteiger partial charge in [-0.2, -0.15) is 0 Å². The van der Waals surface area contributed by atoms with Crippen LogP contribution in [0.3, 0.4) is 0 Å². The number of hydrogen-bond donors (Lipinski definition) is 1. The third-order valence-electron chi connectivity index (χ3n) is 2.43. The van der Waals surface area contributed by atoms with E-state index in [1.165, 1.54) is 0 Å². The Balaban J connectivity index is 2.82. The van der Waals surface area contributed by atoms with Gasteiger partial charge in [-0.3, -0.25) is 4.79 Å². The summed E-state index contributed by atoms with van der Waals surface area (Å²) in [4.78, 5) is 10.8. The zero-order chi connectivity index (χ0) is 12.0. The van der Waals surface area contributed by atoms with Gasteiger partial charge in [-0.25, -0.2) is 4.68 Å². The van der Waals surface area contributed by atoms with Crippen LogP contribution in [0.1, 0.15) is 42.1 Å². The van der Waals surface area contributed by atoms with E-state index in [1.807, 2.05) is 6.92 Å². The van der Waals surface area contributed by atoms with Crippen molar-refractivity contribution in [3.8, 4) is 0 Å². The zero-order valence-electron chi connectivity index (χ0n) is 9.59. The van der Waals surface area contributed by atoms with Crippen molar-refractivity contribution in [1.82, 2.24) is 15.0 Å². The molecular weight excluding hydrogens is 210 g/mol. The highest BCUT2D eigenvalue weighted by Gasteiger charge is 2.17. The van der Waals surface area contributed by atoms with Crippen molar-refractivity contribution < 1.29 is 14.6 Å². The van der Waals surface area contributed by atoms with E-state index in [1.54, 1.807) is 11.8 Å². The number of aldehydes is 1. The standard InChI is InChI=1S/C10H17N3O3/c1-8(16-2)10-9(7-15)11-12-13(10)5-3-4-6-14/h7-8,14H,3-6H2,1-2H3. The van der Waals surface area contributed by atoms with E-state index in [2.05, 4.69) is 10.3 Å². The summed E-state index contributed by atoms with van der Waals surface area (Å²) in [5.41, 5.74) is 1.01. The number of unbranched alkanes of at least 4 members (excludes halogenated alkanes) is 1. The van der Waals surface area contributed by atoms with Gasteiger partial charge in [0.1, 0.15) is 0 Å². The summed E-state index contributed by atoms with van der Waals surface area (Å²) >= 11 is 0. The molecule has 0 bridgehead atoms. The predicted octanol–water partition coefficient (Wildman–Crippen LogP) is 0.571. The molecule has 1 aromatic heterocycles. The van der Waals surface area contributed by atoms with Crippen LogP contribution < -0.4 is 0 Å². The van der Waals surface area contributed by atoms with Crippen LogP contribution >= 0.6 is 0 Å². The maximum Gasteiger partial charge on any atom is 0.172 e. The lowest BCUT2D eigenvalue weighted by atomic mass is 10.2. The maximum atomic E-state index is 10.8. The minimum absolute atomic E-state index is 0.157. The van der Waals surface area contributed by atoms with Crippen LogP contribution in [-0.4, -0.2) is 40.1 Å². The summed E-state index contributed by atoms with van der Waals surface area (Å²) in [5, 5.41) is 16.4. The second-order valence-corrected chi connectivity index (χ2v) is 3.51. The molecule has 16 heavy (non-hydrogen) atoms. The Morgan fingerprint density at radius 1 is 1.56 bits per heavy atom. The van der Waals surface area contributed by atoms with Crippen LogP contribution in [0.15, 0.2) is 0 Å². The number of methoxy groups -OCH3 is 1. The summed E-state index contributed by atoms with van der Waals surface area (Å²) < 4.78 is 6.84. The maximum absolute atomic E-state index is 10.8. The molecule has 1 unspecified atom stereocenters. The number of aliphatic hydroxyl groups is 1. The molecule has 0 saturated carbocycles. The van der Waals surface area contributed by atoms with Gasteiger partial charge < -0.3 is 9.84 Å². The van der Waals surface area contributed by atoms with Crippen LogP contribution in [0.5, 0.6) is 0 Å². The topological polar surface area (TPSA) is 77.2 Å². The first-order valence-corrected chi connectivity index (χ1v) is 5.26. The molecule has 0 spiro atoms. The minimum Gasteiger partial charge on any atom is -0.396 e. The Hall–Kier alpha value is -1.27. The molecule has 0 fully saturated rings. The van der Waals surface area contributed by atoms with E-state index < -0.39 is 0 Å². The van der Waals surface area contributed by atoms with Crippen molar-refractivity contribution in [1.29, 1.82) is 0 Å². The molecule has 0 amide bonds. The van der Waals surface area contributed by atoms with Gasteiger partial charge in [-0.1, -0.05) is 5.21 Å². The molecule has 0 aliphatic carbocycles. The first-order chi connectivity index (χ1) is 7.74. The fraction of sp³-hybridized carbons (Fsp3) is 0.700. The summed E-state index contributed by atoms with van der Waals surface area (Å²) in [6, 6.07) is 0. The van der Waals surface area contributed by atoms with Crippen molar-refractivity contribution >= 4 is 6.29 Å². The number of nitrogens with zero attached hydrogens (tertiary/aromatic N) is 3. The molecule has 1 aromatic rings. The van der Waals surface area contributed by atoms with E-state index >= 15 is 0 Å². The average Bonchev–Trinajstić information content (AvgIpc) is 2.71. The van der Waals surface area contributed by atoms with Gasteiger partial charge in [0.15, 0.2) is 12.0 Å². The van der Waals surface area contributed by atoms with Gasteiger partial charge in [-0.05, 0) is 19.8 Å². The third-order valence-corrected chi connectivity index (χ3v) is 2.43. The quantitative estimate of drug-likeness (QED) is 0.544. The number of aryl methyl sites for hydroxylation is 1. The van der Waals surface area contributed by atoms with Crippen LogP contribution in [0.2, 0.25) is 0 Å². The van der Waals surface area contributed by atoms with Crippen LogP contribution in [0.4, 0.5) is 0 Å². The number of ether oxygens (including phenoxy) is 1. The summed E-state index contributed by atoms with van der Waals surface area (Å²) in [6.45, 7) is 2.63. The molecule has 6 heteroatoms. The van der Waals surface area contributed by atoms with Gasteiger partial charge in [-0.15, -0.1) is 5.10 Å². The Kier molecular flexibility index (Phi) is 5.07. The molecule has 90 valence electrons. The van der Waals surface area contributed by atoms with Gasteiger partial charge in [0.05, 0.1) is 11.8 Å².